The van der Waals surface area contributed by atoms with Gasteiger partial charge in [-0.05, 0) is 62.4 Å². The summed E-state index contributed by atoms with van der Waals surface area (Å²) in [7, 11) is 0. The number of nitro groups is 1. The van der Waals surface area contributed by atoms with E-state index in [0.29, 0.717) is 17.3 Å². The average Bonchev–Trinajstić information content (AvgIpc) is 3.29. The third-order valence-electron chi connectivity index (χ3n) is 4.24. The Labute approximate surface area is 151 Å². The van der Waals surface area contributed by atoms with E-state index in [1.807, 2.05) is 12.1 Å². The highest BCUT2D eigenvalue weighted by Crippen LogP contribution is 2.25. The van der Waals surface area contributed by atoms with Crippen molar-refractivity contribution in [1.82, 2.24) is 10.2 Å². The third kappa shape index (κ3) is 4.55. The second kappa shape index (κ2) is 8.09. The van der Waals surface area contributed by atoms with Gasteiger partial charge in [-0.3, -0.25) is 15.0 Å². The van der Waals surface area contributed by atoms with E-state index >= 15 is 0 Å². The summed E-state index contributed by atoms with van der Waals surface area (Å²) in [5.74, 6) is 0.924. The highest BCUT2D eigenvalue weighted by Gasteiger charge is 2.25. The largest absolute Gasteiger partial charge is 0.468 e. The number of hydrogen-bond donors (Lipinski definition) is 2. The number of thiocarbonyl (C=S) groups is 1. The van der Waals surface area contributed by atoms with Gasteiger partial charge in [-0.1, -0.05) is 0 Å². The summed E-state index contributed by atoms with van der Waals surface area (Å²) >= 11 is 5.34. The molecule has 0 aliphatic carbocycles. The average molecular weight is 360 g/mol. The van der Waals surface area contributed by atoms with Crippen LogP contribution in [0.5, 0.6) is 0 Å². The van der Waals surface area contributed by atoms with Gasteiger partial charge in [0.15, 0.2) is 5.11 Å². The van der Waals surface area contributed by atoms with Crippen molar-refractivity contribution in [3.63, 3.8) is 0 Å². The van der Waals surface area contributed by atoms with E-state index in [0.717, 1.165) is 18.8 Å². The summed E-state index contributed by atoms with van der Waals surface area (Å²) in [6, 6.07) is 10.2. The summed E-state index contributed by atoms with van der Waals surface area (Å²) in [5, 5.41) is 17.4. The highest BCUT2D eigenvalue weighted by molar-refractivity contribution is 7.80. The second-order valence-corrected chi connectivity index (χ2v) is 6.32. The smallest absolute Gasteiger partial charge is 0.269 e. The molecule has 1 aliphatic rings. The Bertz CT molecular complexity index is 712. The van der Waals surface area contributed by atoms with Crippen LogP contribution in [0.15, 0.2) is 47.1 Å². The molecule has 1 aromatic carbocycles. The fourth-order valence-electron chi connectivity index (χ4n) is 2.97. The maximum Gasteiger partial charge on any atom is 0.269 e. The number of anilines is 1. The maximum atomic E-state index is 10.7. The lowest BCUT2D eigenvalue weighted by Gasteiger charge is -2.26. The van der Waals surface area contributed by atoms with Crippen LogP contribution in [0.1, 0.15) is 24.6 Å². The monoisotopic (exact) mass is 360 g/mol. The molecule has 7 nitrogen and oxygen atoms in total. The summed E-state index contributed by atoms with van der Waals surface area (Å²) in [4.78, 5) is 12.6. The molecule has 132 valence electrons. The molecule has 1 aromatic heterocycles. The van der Waals surface area contributed by atoms with Crippen molar-refractivity contribution >= 4 is 28.7 Å². The molecule has 2 aromatic rings. The topological polar surface area (TPSA) is 83.6 Å². The molecule has 1 unspecified atom stereocenters. The first kappa shape index (κ1) is 17.4. The minimum atomic E-state index is -0.426. The zero-order chi connectivity index (χ0) is 17.6. The Morgan fingerprint density at radius 3 is 2.60 bits per heavy atom. The Morgan fingerprint density at radius 1 is 1.28 bits per heavy atom. The van der Waals surface area contributed by atoms with Gasteiger partial charge in [0.25, 0.3) is 5.69 Å². The maximum absolute atomic E-state index is 10.7. The number of likely N-dealkylation sites (tertiary alicyclic amines) is 1. The summed E-state index contributed by atoms with van der Waals surface area (Å²) in [6.07, 6.45) is 4.08. The minimum absolute atomic E-state index is 0.0522. The van der Waals surface area contributed by atoms with Crippen LogP contribution in [0.2, 0.25) is 0 Å². The fourth-order valence-corrected chi connectivity index (χ4v) is 3.18. The lowest BCUT2D eigenvalue weighted by atomic mass is 10.2. The highest BCUT2D eigenvalue weighted by atomic mass is 32.1. The first-order chi connectivity index (χ1) is 12.1. The van der Waals surface area contributed by atoms with Gasteiger partial charge in [0.1, 0.15) is 5.76 Å². The molecular weight excluding hydrogens is 340 g/mol. The molecule has 3 rings (SSSR count). The molecule has 1 aliphatic heterocycles. The first-order valence-corrected chi connectivity index (χ1v) is 8.61. The van der Waals surface area contributed by atoms with E-state index < -0.39 is 4.92 Å². The van der Waals surface area contributed by atoms with Crippen molar-refractivity contribution in [2.45, 2.75) is 18.9 Å². The quantitative estimate of drug-likeness (QED) is 0.464. The van der Waals surface area contributed by atoms with Crippen molar-refractivity contribution in [2.24, 2.45) is 0 Å². The van der Waals surface area contributed by atoms with Gasteiger partial charge in [-0.2, -0.15) is 0 Å². The minimum Gasteiger partial charge on any atom is -0.468 e. The number of hydrogen-bond acceptors (Lipinski definition) is 5. The fraction of sp³-hybridized carbons (Fsp3) is 0.353. The van der Waals surface area contributed by atoms with Crippen LogP contribution in [0, 0.1) is 10.1 Å². The van der Waals surface area contributed by atoms with E-state index in [4.69, 9.17) is 16.6 Å². The summed E-state index contributed by atoms with van der Waals surface area (Å²) < 4.78 is 5.59. The van der Waals surface area contributed by atoms with Gasteiger partial charge in [0.05, 0.1) is 17.2 Å². The second-order valence-electron chi connectivity index (χ2n) is 5.91. The van der Waals surface area contributed by atoms with E-state index in [1.54, 1.807) is 18.4 Å². The zero-order valence-electron chi connectivity index (χ0n) is 13.7. The van der Waals surface area contributed by atoms with Crippen molar-refractivity contribution in [2.75, 3.05) is 25.0 Å². The molecule has 1 atom stereocenters. The van der Waals surface area contributed by atoms with Crippen LogP contribution in [-0.2, 0) is 0 Å². The van der Waals surface area contributed by atoms with Crippen molar-refractivity contribution in [1.29, 1.82) is 0 Å². The SMILES string of the molecule is O=[N+]([O-])c1ccc(NC(=S)NCC(c2ccco2)N2CCCC2)cc1. The molecule has 2 heterocycles. The predicted molar refractivity (Wildman–Crippen MR) is 99.6 cm³/mol. The first-order valence-electron chi connectivity index (χ1n) is 8.20. The molecule has 0 bridgehead atoms. The van der Waals surface area contributed by atoms with E-state index in [2.05, 4.69) is 15.5 Å². The summed E-state index contributed by atoms with van der Waals surface area (Å²) in [6.45, 7) is 2.73. The van der Waals surface area contributed by atoms with Crippen LogP contribution in [-0.4, -0.2) is 34.6 Å². The Hall–Kier alpha value is -2.45. The van der Waals surface area contributed by atoms with Crippen molar-refractivity contribution in [3.8, 4) is 0 Å². The van der Waals surface area contributed by atoms with Gasteiger partial charge in [-0.25, -0.2) is 0 Å². The van der Waals surface area contributed by atoms with Crippen LogP contribution in [0.4, 0.5) is 11.4 Å². The normalized spacial score (nSPS) is 15.7. The van der Waals surface area contributed by atoms with Crippen molar-refractivity contribution in [3.05, 3.63) is 58.5 Å². The zero-order valence-corrected chi connectivity index (χ0v) is 14.5. The number of benzene rings is 1. The molecular formula is C17H20N4O3S. The van der Waals surface area contributed by atoms with E-state index in [9.17, 15) is 10.1 Å². The standard InChI is InChI=1S/C17H20N4O3S/c22-21(23)14-7-5-13(6-8-14)19-17(25)18-12-15(16-4-3-11-24-16)20-9-1-2-10-20/h3-8,11,15H,1-2,9-10,12H2,(H2,18,19,25). The molecule has 2 N–H and O–H groups in total. The van der Waals surface area contributed by atoms with Gasteiger partial charge in [0, 0.05) is 24.4 Å². The summed E-state index contributed by atoms with van der Waals surface area (Å²) in [5.41, 5.74) is 0.759. The molecule has 0 amide bonds. The molecule has 25 heavy (non-hydrogen) atoms. The lowest BCUT2D eigenvalue weighted by molar-refractivity contribution is -0.384. The van der Waals surface area contributed by atoms with Gasteiger partial charge in [0.2, 0.25) is 0 Å². The number of non-ortho nitro benzene ring substituents is 1. The number of furan rings is 1. The van der Waals surface area contributed by atoms with Gasteiger partial charge < -0.3 is 15.1 Å². The molecule has 1 fully saturated rings. The molecule has 0 spiro atoms. The van der Waals surface area contributed by atoms with E-state index in [-0.39, 0.29) is 11.7 Å². The van der Waals surface area contributed by atoms with Gasteiger partial charge in [-0.15, -0.1) is 0 Å². The number of nitro benzene ring substituents is 1. The number of nitrogens with one attached hydrogen (secondary N) is 2. The Morgan fingerprint density at radius 2 is 2.00 bits per heavy atom. The molecule has 0 saturated carbocycles. The van der Waals surface area contributed by atoms with Gasteiger partial charge >= 0.3 is 0 Å². The molecule has 1 saturated heterocycles. The molecule has 0 radical (unpaired) electrons. The van der Waals surface area contributed by atoms with Crippen LogP contribution in [0.25, 0.3) is 0 Å². The number of rotatable bonds is 6. The van der Waals surface area contributed by atoms with Crippen LogP contribution >= 0.6 is 12.2 Å². The Balaban J connectivity index is 1.57. The number of nitrogens with zero attached hydrogens (tertiary/aromatic N) is 2. The Kier molecular flexibility index (Phi) is 5.62. The molecule has 8 heteroatoms. The van der Waals surface area contributed by atoms with Crippen LogP contribution < -0.4 is 10.6 Å². The van der Waals surface area contributed by atoms with Crippen LogP contribution in [0.3, 0.4) is 0 Å². The predicted octanol–water partition coefficient (Wildman–Crippen LogP) is 3.31. The van der Waals surface area contributed by atoms with E-state index in [1.165, 1.54) is 25.0 Å². The third-order valence-corrected chi connectivity index (χ3v) is 4.49. The van der Waals surface area contributed by atoms with Crippen molar-refractivity contribution < 1.29 is 9.34 Å². The lowest BCUT2D eigenvalue weighted by Crippen LogP contribution is -2.38.